The molecule has 4 nitrogen and oxygen atoms in total. The number of amides is 1. The van der Waals surface area contributed by atoms with Gasteiger partial charge in [-0.05, 0) is 51.2 Å². The Hall–Kier alpha value is -2.10. The molecule has 0 unspecified atom stereocenters. The van der Waals surface area contributed by atoms with Gasteiger partial charge in [-0.1, -0.05) is 18.2 Å². The number of nitrogens with zero attached hydrogens (tertiary/aromatic N) is 3. The molecule has 1 saturated carbocycles. The van der Waals surface area contributed by atoms with Crippen LogP contribution in [0.25, 0.3) is 5.69 Å². The van der Waals surface area contributed by atoms with Crippen molar-refractivity contribution in [1.29, 1.82) is 0 Å². The van der Waals surface area contributed by atoms with Gasteiger partial charge in [-0.15, -0.1) is 0 Å². The molecule has 0 spiro atoms. The topological polar surface area (TPSA) is 38.1 Å². The number of benzene rings is 1. The van der Waals surface area contributed by atoms with Crippen LogP contribution in [0.4, 0.5) is 0 Å². The molecule has 0 atom stereocenters. The molecule has 4 rings (SSSR count). The predicted octanol–water partition coefficient (Wildman–Crippen LogP) is 2.99. The van der Waals surface area contributed by atoms with Crippen LogP contribution in [0.2, 0.25) is 0 Å². The van der Waals surface area contributed by atoms with Gasteiger partial charge in [0.1, 0.15) is 0 Å². The third-order valence-electron chi connectivity index (χ3n) is 4.72. The summed E-state index contributed by atoms with van der Waals surface area (Å²) in [5, 5.41) is 4.71. The molecule has 1 aromatic heterocycles. The second-order valence-electron chi connectivity index (χ2n) is 6.20. The van der Waals surface area contributed by atoms with Crippen molar-refractivity contribution < 1.29 is 4.79 Å². The molecular weight excluding hydrogens is 274 g/mol. The minimum Gasteiger partial charge on any atom is -0.335 e. The highest BCUT2D eigenvalue weighted by atomic mass is 16.2. The number of hydrogen-bond acceptors (Lipinski definition) is 2. The average molecular weight is 295 g/mol. The van der Waals surface area contributed by atoms with Crippen LogP contribution in [-0.2, 0) is 12.8 Å². The molecule has 1 aromatic carbocycles. The van der Waals surface area contributed by atoms with Crippen LogP contribution in [0.1, 0.15) is 47.9 Å². The summed E-state index contributed by atoms with van der Waals surface area (Å²) < 4.78 is 1.98. The molecule has 2 aromatic rings. The Morgan fingerprint density at radius 3 is 2.73 bits per heavy atom. The van der Waals surface area contributed by atoms with E-state index in [2.05, 4.69) is 19.1 Å². The van der Waals surface area contributed by atoms with Crippen molar-refractivity contribution in [1.82, 2.24) is 14.7 Å². The van der Waals surface area contributed by atoms with Gasteiger partial charge in [-0.2, -0.15) is 5.10 Å². The maximum Gasteiger partial charge on any atom is 0.274 e. The van der Waals surface area contributed by atoms with Gasteiger partial charge in [0.25, 0.3) is 5.91 Å². The van der Waals surface area contributed by atoms with E-state index >= 15 is 0 Å². The molecule has 22 heavy (non-hydrogen) atoms. The predicted molar refractivity (Wildman–Crippen MR) is 85.3 cm³/mol. The number of aromatic nitrogens is 2. The Morgan fingerprint density at radius 2 is 2.05 bits per heavy atom. The molecule has 2 aliphatic rings. The number of fused-ring (bicyclic) bond motifs is 1. The van der Waals surface area contributed by atoms with Crippen LogP contribution in [0.3, 0.4) is 0 Å². The highest BCUT2D eigenvalue weighted by molar-refractivity contribution is 5.94. The van der Waals surface area contributed by atoms with Crippen LogP contribution >= 0.6 is 0 Å². The third-order valence-corrected chi connectivity index (χ3v) is 4.72. The third kappa shape index (κ3) is 2.14. The SMILES string of the molecule is CCN(C(=O)c1nn(-c2ccccc2)c2c1CCC2)C1CC1. The minimum absolute atomic E-state index is 0.123. The maximum atomic E-state index is 12.9. The number of carbonyl (C=O) groups excluding carboxylic acids is 1. The van der Waals surface area contributed by atoms with E-state index in [1.807, 2.05) is 27.8 Å². The van der Waals surface area contributed by atoms with E-state index in [9.17, 15) is 4.79 Å². The zero-order valence-corrected chi connectivity index (χ0v) is 13.0. The molecule has 0 radical (unpaired) electrons. The molecule has 114 valence electrons. The van der Waals surface area contributed by atoms with Crippen LogP contribution in [-0.4, -0.2) is 33.2 Å². The van der Waals surface area contributed by atoms with E-state index < -0.39 is 0 Å². The Labute approximate surface area is 130 Å². The lowest BCUT2D eigenvalue weighted by molar-refractivity contribution is 0.0745. The molecule has 0 bridgehead atoms. The highest BCUT2D eigenvalue weighted by Crippen LogP contribution is 2.32. The molecule has 0 aliphatic heterocycles. The summed E-state index contributed by atoms with van der Waals surface area (Å²) in [6.07, 6.45) is 5.39. The second kappa shape index (κ2) is 5.27. The standard InChI is InChI=1S/C18H21N3O/c1-2-20(13-11-12-13)18(22)17-15-9-6-10-16(15)21(19-17)14-7-4-3-5-8-14/h3-5,7-8,13H,2,6,9-12H2,1H3. The fraction of sp³-hybridized carbons (Fsp3) is 0.444. The van der Waals surface area contributed by atoms with Crippen LogP contribution < -0.4 is 0 Å². The van der Waals surface area contributed by atoms with Gasteiger partial charge in [-0.3, -0.25) is 4.79 Å². The van der Waals surface area contributed by atoms with Crippen molar-refractivity contribution in [2.24, 2.45) is 0 Å². The summed E-state index contributed by atoms with van der Waals surface area (Å²) >= 11 is 0. The summed E-state index contributed by atoms with van der Waals surface area (Å²) in [5.41, 5.74) is 4.13. The number of para-hydroxylation sites is 1. The minimum atomic E-state index is 0.123. The summed E-state index contributed by atoms with van der Waals surface area (Å²) in [5.74, 6) is 0.123. The summed E-state index contributed by atoms with van der Waals surface area (Å²) in [6.45, 7) is 2.83. The fourth-order valence-electron chi connectivity index (χ4n) is 3.48. The average Bonchev–Trinajstić information content (AvgIpc) is 3.14. The van der Waals surface area contributed by atoms with Gasteiger partial charge >= 0.3 is 0 Å². The quantitative estimate of drug-likeness (QED) is 0.869. The van der Waals surface area contributed by atoms with Crippen molar-refractivity contribution in [3.8, 4) is 5.69 Å². The second-order valence-corrected chi connectivity index (χ2v) is 6.20. The van der Waals surface area contributed by atoms with Crippen LogP contribution in [0.15, 0.2) is 30.3 Å². The van der Waals surface area contributed by atoms with Crippen molar-refractivity contribution in [3.05, 3.63) is 47.3 Å². The van der Waals surface area contributed by atoms with Gasteiger partial charge in [0.2, 0.25) is 0 Å². The van der Waals surface area contributed by atoms with E-state index in [1.54, 1.807) is 0 Å². The molecular formula is C18H21N3O. The van der Waals surface area contributed by atoms with Gasteiger partial charge in [0, 0.05) is 23.8 Å². The smallest absolute Gasteiger partial charge is 0.274 e. The zero-order chi connectivity index (χ0) is 15.1. The van der Waals surface area contributed by atoms with Gasteiger partial charge < -0.3 is 4.90 Å². The lowest BCUT2D eigenvalue weighted by Gasteiger charge is -2.19. The van der Waals surface area contributed by atoms with Crippen LogP contribution in [0.5, 0.6) is 0 Å². The van der Waals surface area contributed by atoms with Crippen molar-refractivity contribution in [3.63, 3.8) is 0 Å². The Bertz CT molecular complexity index is 701. The molecule has 0 N–H and O–H groups in total. The number of hydrogen-bond donors (Lipinski definition) is 0. The highest BCUT2D eigenvalue weighted by Gasteiger charge is 2.35. The Kier molecular flexibility index (Phi) is 3.25. The lowest BCUT2D eigenvalue weighted by atomic mass is 10.2. The number of carbonyl (C=O) groups is 1. The van der Waals surface area contributed by atoms with E-state index in [-0.39, 0.29) is 5.91 Å². The number of rotatable bonds is 4. The zero-order valence-electron chi connectivity index (χ0n) is 13.0. The molecule has 0 saturated heterocycles. The first-order valence-electron chi connectivity index (χ1n) is 8.26. The molecule has 1 amide bonds. The normalized spacial score (nSPS) is 16.6. The van der Waals surface area contributed by atoms with Gasteiger partial charge in [0.15, 0.2) is 5.69 Å². The molecule has 4 heteroatoms. The lowest BCUT2D eigenvalue weighted by Crippen LogP contribution is -2.33. The molecule has 2 aliphatic carbocycles. The van der Waals surface area contributed by atoms with Gasteiger partial charge in [0.05, 0.1) is 5.69 Å². The van der Waals surface area contributed by atoms with Gasteiger partial charge in [-0.25, -0.2) is 4.68 Å². The first-order chi connectivity index (χ1) is 10.8. The first-order valence-corrected chi connectivity index (χ1v) is 8.26. The van der Waals surface area contributed by atoms with Crippen molar-refractivity contribution in [2.45, 2.75) is 45.1 Å². The van der Waals surface area contributed by atoms with Crippen molar-refractivity contribution in [2.75, 3.05) is 6.54 Å². The molecule has 1 fully saturated rings. The fourth-order valence-corrected chi connectivity index (χ4v) is 3.48. The van der Waals surface area contributed by atoms with E-state index in [1.165, 1.54) is 11.3 Å². The van der Waals surface area contributed by atoms with E-state index in [0.717, 1.165) is 44.3 Å². The van der Waals surface area contributed by atoms with E-state index in [0.29, 0.717) is 11.7 Å². The van der Waals surface area contributed by atoms with Crippen LogP contribution in [0, 0.1) is 0 Å². The first kappa shape index (κ1) is 13.6. The molecule has 1 heterocycles. The largest absolute Gasteiger partial charge is 0.335 e. The van der Waals surface area contributed by atoms with Crippen molar-refractivity contribution >= 4 is 5.91 Å². The maximum absolute atomic E-state index is 12.9. The monoisotopic (exact) mass is 295 g/mol. The summed E-state index contributed by atoms with van der Waals surface area (Å²) in [4.78, 5) is 14.9. The Balaban J connectivity index is 1.76. The van der Waals surface area contributed by atoms with E-state index in [4.69, 9.17) is 5.10 Å². The summed E-state index contributed by atoms with van der Waals surface area (Å²) in [7, 11) is 0. The summed E-state index contributed by atoms with van der Waals surface area (Å²) in [6, 6.07) is 10.6. The Morgan fingerprint density at radius 1 is 1.27 bits per heavy atom.